The van der Waals surface area contributed by atoms with Gasteiger partial charge in [-0.2, -0.15) is 0 Å². The van der Waals surface area contributed by atoms with Gasteiger partial charge in [0.05, 0.1) is 0 Å². The molecule has 0 radical (unpaired) electrons. The minimum absolute atomic E-state index is 0. The number of sulfonamides is 1. The van der Waals surface area contributed by atoms with Crippen LogP contribution in [0, 0.1) is 6.92 Å². The number of hydrogen-bond donors (Lipinski definition) is 2. The van der Waals surface area contributed by atoms with Crippen LogP contribution >= 0.6 is 24.0 Å². The first kappa shape index (κ1) is 26.5. The molecule has 34 heavy (non-hydrogen) atoms. The summed E-state index contributed by atoms with van der Waals surface area (Å²) in [6.07, 6.45) is 4.17. The number of hydrogen-bond acceptors (Lipinski definition) is 5. The highest BCUT2D eigenvalue weighted by Crippen LogP contribution is 2.36. The minimum Gasteiger partial charge on any atom is -0.492 e. The molecular formula is C24H30Cl2N4O3S. The largest absolute Gasteiger partial charge is 0.492 e. The maximum absolute atomic E-state index is 12.4. The van der Waals surface area contributed by atoms with Gasteiger partial charge in [-0.15, -0.1) is 12.4 Å². The summed E-state index contributed by atoms with van der Waals surface area (Å²) in [5, 5.41) is 0.728. The normalized spacial score (nSPS) is 17.6. The van der Waals surface area contributed by atoms with E-state index in [9.17, 15) is 8.42 Å². The third-order valence-electron chi connectivity index (χ3n) is 6.15. The van der Waals surface area contributed by atoms with Crippen LogP contribution in [0.5, 0.6) is 5.75 Å². The van der Waals surface area contributed by atoms with Gasteiger partial charge in [-0.25, -0.2) is 18.1 Å². The van der Waals surface area contributed by atoms with Crippen LogP contribution in [-0.4, -0.2) is 37.2 Å². The summed E-state index contributed by atoms with van der Waals surface area (Å²) in [5.74, 6) is 1.50. The summed E-state index contributed by atoms with van der Waals surface area (Å²) in [5.41, 5.74) is 10.1. The van der Waals surface area contributed by atoms with E-state index in [1.54, 1.807) is 18.5 Å². The van der Waals surface area contributed by atoms with E-state index in [-0.39, 0.29) is 42.5 Å². The zero-order valence-electron chi connectivity index (χ0n) is 19.2. The lowest BCUT2D eigenvalue weighted by Gasteiger charge is -2.32. The number of benzene rings is 2. The van der Waals surface area contributed by atoms with Crippen molar-refractivity contribution in [3.8, 4) is 5.75 Å². The number of fused-ring (bicyclic) bond motifs is 1. The lowest BCUT2D eigenvalue weighted by molar-refractivity contribution is 0.321. The molecule has 0 bridgehead atoms. The Hall–Kier alpha value is -2.10. The lowest BCUT2D eigenvalue weighted by atomic mass is 9.76. The Bertz CT molecular complexity index is 1230. The van der Waals surface area contributed by atoms with Crippen molar-refractivity contribution in [2.45, 2.75) is 43.2 Å². The smallest absolute Gasteiger partial charge is 0.259 e. The summed E-state index contributed by atoms with van der Waals surface area (Å²) >= 11 is 6.17. The zero-order chi connectivity index (χ0) is 23.6. The second-order valence-corrected chi connectivity index (χ2v) is 10.6. The molecule has 2 atom stereocenters. The third-order valence-corrected chi connectivity index (χ3v) is 7.72. The molecule has 184 valence electrons. The Morgan fingerprint density at radius 1 is 1.26 bits per heavy atom. The topological polar surface area (TPSA) is 99.2 Å². The van der Waals surface area contributed by atoms with Crippen molar-refractivity contribution in [2.24, 2.45) is 12.8 Å². The number of aromatic nitrogens is 2. The summed E-state index contributed by atoms with van der Waals surface area (Å²) < 4.78 is 34.9. The highest BCUT2D eigenvalue weighted by molar-refractivity contribution is 7.89. The predicted molar refractivity (Wildman–Crippen MR) is 137 cm³/mol. The molecule has 0 amide bonds. The number of nitrogens with two attached hydrogens (primary N) is 1. The molecule has 2 unspecified atom stereocenters. The predicted octanol–water partition coefficient (Wildman–Crippen LogP) is 3.76. The molecule has 4 rings (SSSR count). The maximum atomic E-state index is 12.4. The number of rotatable bonds is 8. The number of aryl methyl sites for hydroxylation is 3. The molecule has 0 saturated heterocycles. The number of ether oxygens (including phenoxy) is 1. The van der Waals surface area contributed by atoms with Crippen molar-refractivity contribution in [1.82, 2.24) is 14.3 Å². The van der Waals surface area contributed by atoms with Gasteiger partial charge in [0, 0.05) is 36.8 Å². The first-order chi connectivity index (χ1) is 15.7. The highest BCUT2D eigenvalue weighted by Gasteiger charge is 2.28. The van der Waals surface area contributed by atoms with Gasteiger partial charge in [-0.3, -0.25) is 0 Å². The van der Waals surface area contributed by atoms with Gasteiger partial charge in [0.1, 0.15) is 18.2 Å². The molecule has 7 nitrogen and oxygen atoms in total. The Kier molecular flexibility index (Phi) is 8.65. The number of nitrogens with zero attached hydrogens (tertiary/aromatic N) is 2. The first-order valence-corrected chi connectivity index (χ1v) is 12.8. The second-order valence-electron chi connectivity index (χ2n) is 8.49. The average molecular weight is 526 g/mol. The van der Waals surface area contributed by atoms with Gasteiger partial charge < -0.3 is 15.0 Å². The summed E-state index contributed by atoms with van der Waals surface area (Å²) in [4.78, 5) is 4.07. The van der Waals surface area contributed by atoms with Gasteiger partial charge in [-0.05, 0) is 67.1 Å². The van der Waals surface area contributed by atoms with E-state index in [4.69, 9.17) is 22.1 Å². The molecule has 0 aliphatic heterocycles. The van der Waals surface area contributed by atoms with Crippen molar-refractivity contribution in [1.29, 1.82) is 0 Å². The Morgan fingerprint density at radius 2 is 2.06 bits per heavy atom. The second kappa shape index (κ2) is 11.1. The molecule has 2 aromatic carbocycles. The van der Waals surface area contributed by atoms with E-state index in [1.165, 1.54) is 17.3 Å². The van der Waals surface area contributed by atoms with Crippen molar-refractivity contribution in [3.63, 3.8) is 0 Å². The molecule has 1 heterocycles. The van der Waals surface area contributed by atoms with Crippen molar-refractivity contribution >= 4 is 34.0 Å². The molecule has 3 aromatic rings. The fourth-order valence-corrected chi connectivity index (χ4v) is 5.51. The van der Waals surface area contributed by atoms with Gasteiger partial charge >= 0.3 is 0 Å². The Balaban J connectivity index is 0.00000324. The summed E-state index contributed by atoms with van der Waals surface area (Å²) in [7, 11) is -1.92. The molecule has 1 aromatic heterocycles. The highest BCUT2D eigenvalue weighted by atomic mass is 35.5. The van der Waals surface area contributed by atoms with E-state index in [0.717, 1.165) is 29.8 Å². The van der Waals surface area contributed by atoms with Crippen molar-refractivity contribution in [2.75, 3.05) is 13.2 Å². The van der Waals surface area contributed by atoms with Crippen LogP contribution in [0.2, 0.25) is 5.02 Å². The zero-order valence-corrected chi connectivity index (χ0v) is 21.6. The van der Waals surface area contributed by atoms with Crippen LogP contribution in [0.1, 0.15) is 34.9 Å². The first-order valence-electron chi connectivity index (χ1n) is 11.0. The van der Waals surface area contributed by atoms with Crippen molar-refractivity contribution in [3.05, 3.63) is 76.2 Å². The number of imidazole rings is 1. The monoisotopic (exact) mass is 524 g/mol. The van der Waals surface area contributed by atoms with E-state index in [2.05, 4.69) is 21.8 Å². The molecule has 1 aliphatic carbocycles. The van der Waals surface area contributed by atoms with E-state index < -0.39 is 10.0 Å². The van der Waals surface area contributed by atoms with Crippen LogP contribution in [0.4, 0.5) is 0 Å². The Labute approximate surface area is 212 Å². The Morgan fingerprint density at radius 3 is 2.76 bits per heavy atom. The SMILES string of the molecule is Cc1nc(S(=O)(=O)NCCOc2ccc3c(c2)C(Cc2cccc(Cl)c2)C(N)CC3)cn1C.Cl. The minimum atomic E-state index is -3.67. The molecule has 1 aliphatic rings. The molecule has 3 N–H and O–H groups in total. The third kappa shape index (κ3) is 6.12. The molecule has 0 fully saturated rings. The molecule has 0 spiro atoms. The van der Waals surface area contributed by atoms with E-state index >= 15 is 0 Å². The van der Waals surface area contributed by atoms with Crippen LogP contribution in [0.25, 0.3) is 0 Å². The lowest BCUT2D eigenvalue weighted by Crippen LogP contribution is -2.34. The number of nitrogens with one attached hydrogen (secondary N) is 1. The van der Waals surface area contributed by atoms with E-state index in [0.29, 0.717) is 11.6 Å². The molecular weight excluding hydrogens is 495 g/mol. The average Bonchev–Trinajstić information content (AvgIpc) is 3.13. The van der Waals surface area contributed by atoms with Gasteiger partial charge in [0.15, 0.2) is 5.03 Å². The van der Waals surface area contributed by atoms with Crippen LogP contribution < -0.4 is 15.2 Å². The fourth-order valence-electron chi connectivity index (χ4n) is 4.24. The van der Waals surface area contributed by atoms with Gasteiger partial charge in [0.25, 0.3) is 10.0 Å². The quantitative estimate of drug-likeness (QED) is 0.437. The van der Waals surface area contributed by atoms with E-state index in [1.807, 2.05) is 30.3 Å². The maximum Gasteiger partial charge on any atom is 0.259 e. The van der Waals surface area contributed by atoms with Crippen LogP contribution in [0.3, 0.4) is 0 Å². The number of halogens is 2. The summed E-state index contributed by atoms with van der Waals surface area (Å²) in [6.45, 7) is 2.10. The van der Waals surface area contributed by atoms with Crippen LogP contribution in [0.15, 0.2) is 53.7 Å². The summed E-state index contributed by atoms with van der Waals surface area (Å²) in [6, 6.07) is 14.0. The van der Waals surface area contributed by atoms with Crippen LogP contribution in [-0.2, 0) is 29.9 Å². The molecule has 10 heteroatoms. The fraction of sp³-hybridized carbons (Fsp3) is 0.375. The van der Waals surface area contributed by atoms with Gasteiger partial charge in [-0.1, -0.05) is 29.8 Å². The standard InChI is InChI=1S/C24H29ClN4O3S.ClH/c1-16-28-24(15-29(16)2)33(30,31)27-10-11-32-20-8-6-18-7-9-23(26)22(21(18)14-20)13-17-4-3-5-19(25)12-17;/h3-6,8,12,14-15,22-23,27H,7,9-11,13,26H2,1-2H3;1H. The molecule has 0 saturated carbocycles. The van der Waals surface area contributed by atoms with Crippen molar-refractivity contribution < 1.29 is 13.2 Å². The van der Waals surface area contributed by atoms with Gasteiger partial charge in [0.2, 0.25) is 0 Å².